The van der Waals surface area contributed by atoms with Crippen molar-refractivity contribution >= 4 is 23.2 Å². The van der Waals surface area contributed by atoms with E-state index in [1.807, 2.05) is 13.8 Å². The van der Waals surface area contributed by atoms with Gasteiger partial charge >= 0.3 is 6.61 Å². The number of thiophene rings is 1. The Morgan fingerprint density at radius 1 is 1.19 bits per heavy atom. The highest BCUT2D eigenvalue weighted by atomic mass is 32.1. The molecule has 2 amide bonds. The van der Waals surface area contributed by atoms with Crippen LogP contribution in [0.15, 0.2) is 41.8 Å². The minimum Gasteiger partial charge on any atom is -0.435 e. The van der Waals surface area contributed by atoms with Crippen LogP contribution in [0.5, 0.6) is 5.75 Å². The second kappa shape index (κ2) is 9.45. The Kier molecular flexibility index (Phi) is 7.29. The molecule has 2 aromatic rings. The number of carbonyl (C=O) groups excluding carboxylic acids is 2. The number of benzene rings is 1. The van der Waals surface area contributed by atoms with E-state index >= 15 is 0 Å². The summed E-state index contributed by atoms with van der Waals surface area (Å²) in [7, 11) is 1.64. The van der Waals surface area contributed by atoms with Crippen molar-refractivity contribution in [1.29, 1.82) is 0 Å². The van der Waals surface area contributed by atoms with Crippen LogP contribution in [0.3, 0.4) is 0 Å². The Labute approximate surface area is 160 Å². The van der Waals surface area contributed by atoms with Crippen LogP contribution in [0.4, 0.5) is 8.78 Å². The lowest BCUT2D eigenvalue weighted by molar-refractivity contribution is -0.133. The van der Waals surface area contributed by atoms with Crippen molar-refractivity contribution < 1.29 is 23.1 Å². The predicted octanol–water partition coefficient (Wildman–Crippen LogP) is 3.76. The maximum atomic E-state index is 12.8. The standard InChI is InChI=1S/C19H22F2N2O3S/c1-12(2)16(22-17(24)15-5-4-10-27-15)18(25)23(3)11-13-6-8-14(9-7-13)26-19(20)21/h4-10,12,16,19H,11H2,1-3H3,(H,22,24). The maximum absolute atomic E-state index is 12.8. The number of halogens is 2. The topological polar surface area (TPSA) is 58.6 Å². The monoisotopic (exact) mass is 396 g/mol. The molecule has 1 aromatic heterocycles. The van der Waals surface area contributed by atoms with Gasteiger partial charge in [-0.2, -0.15) is 8.78 Å². The van der Waals surface area contributed by atoms with E-state index in [1.54, 1.807) is 36.7 Å². The molecule has 0 bridgehead atoms. The summed E-state index contributed by atoms with van der Waals surface area (Å²) < 4.78 is 28.7. The number of rotatable bonds is 8. The average molecular weight is 396 g/mol. The van der Waals surface area contributed by atoms with Gasteiger partial charge in [0.1, 0.15) is 11.8 Å². The number of hydrogen-bond acceptors (Lipinski definition) is 4. The molecular formula is C19H22F2N2O3S. The Morgan fingerprint density at radius 3 is 2.37 bits per heavy atom. The molecule has 0 aliphatic heterocycles. The normalized spacial score (nSPS) is 12.1. The lowest BCUT2D eigenvalue weighted by Crippen LogP contribution is -2.49. The van der Waals surface area contributed by atoms with Gasteiger partial charge in [-0.05, 0) is 35.1 Å². The largest absolute Gasteiger partial charge is 0.435 e. The molecule has 0 spiro atoms. The van der Waals surface area contributed by atoms with Gasteiger partial charge in [0.25, 0.3) is 5.91 Å². The zero-order chi connectivity index (χ0) is 20.0. The van der Waals surface area contributed by atoms with Gasteiger partial charge in [0.05, 0.1) is 4.88 Å². The van der Waals surface area contributed by atoms with Crippen molar-refractivity contribution in [2.24, 2.45) is 5.92 Å². The van der Waals surface area contributed by atoms with E-state index in [2.05, 4.69) is 10.1 Å². The van der Waals surface area contributed by atoms with Crippen LogP contribution in [-0.2, 0) is 11.3 Å². The molecule has 0 saturated heterocycles. The molecule has 0 fully saturated rings. The SMILES string of the molecule is CC(C)C(NC(=O)c1cccs1)C(=O)N(C)Cc1ccc(OC(F)F)cc1. The molecule has 1 atom stereocenters. The summed E-state index contributed by atoms with van der Waals surface area (Å²) in [4.78, 5) is 27.1. The maximum Gasteiger partial charge on any atom is 0.387 e. The van der Waals surface area contributed by atoms with Gasteiger partial charge in [-0.25, -0.2) is 0 Å². The summed E-state index contributed by atoms with van der Waals surface area (Å²) in [6, 6.07) is 8.92. The third-order valence-electron chi connectivity index (χ3n) is 3.91. The lowest BCUT2D eigenvalue weighted by atomic mass is 10.0. The summed E-state index contributed by atoms with van der Waals surface area (Å²) in [6.07, 6.45) is 0. The second-order valence-electron chi connectivity index (χ2n) is 6.39. The number of alkyl halides is 2. The van der Waals surface area contributed by atoms with Crippen molar-refractivity contribution in [2.75, 3.05) is 7.05 Å². The minimum atomic E-state index is -2.88. The van der Waals surface area contributed by atoms with E-state index in [0.29, 0.717) is 4.88 Å². The number of carbonyl (C=O) groups is 2. The lowest BCUT2D eigenvalue weighted by Gasteiger charge is -2.27. The van der Waals surface area contributed by atoms with E-state index in [0.717, 1.165) is 5.56 Å². The average Bonchev–Trinajstić information content (AvgIpc) is 3.14. The van der Waals surface area contributed by atoms with E-state index in [9.17, 15) is 18.4 Å². The van der Waals surface area contributed by atoms with Crippen LogP contribution >= 0.6 is 11.3 Å². The smallest absolute Gasteiger partial charge is 0.387 e. The van der Waals surface area contributed by atoms with Crippen LogP contribution in [0, 0.1) is 5.92 Å². The number of likely N-dealkylation sites (N-methyl/N-ethyl adjacent to an activating group) is 1. The molecule has 0 saturated carbocycles. The first-order valence-electron chi connectivity index (χ1n) is 8.41. The molecule has 0 aliphatic carbocycles. The van der Waals surface area contributed by atoms with Crippen molar-refractivity contribution in [3.63, 3.8) is 0 Å². The van der Waals surface area contributed by atoms with E-state index in [1.165, 1.54) is 28.4 Å². The van der Waals surface area contributed by atoms with Crippen LogP contribution in [0.2, 0.25) is 0 Å². The van der Waals surface area contributed by atoms with Gasteiger partial charge < -0.3 is 15.0 Å². The minimum absolute atomic E-state index is 0.0611. The molecule has 1 unspecified atom stereocenters. The molecule has 1 heterocycles. The van der Waals surface area contributed by atoms with Gasteiger partial charge in [-0.3, -0.25) is 9.59 Å². The number of ether oxygens (including phenoxy) is 1. The third-order valence-corrected chi connectivity index (χ3v) is 4.78. The molecule has 2 rings (SSSR count). The summed E-state index contributed by atoms with van der Waals surface area (Å²) in [5.41, 5.74) is 0.763. The van der Waals surface area contributed by atoms with Crippen LogP contribution in [-0.4, -0.2) is 36.4 Å². The highest BCUT2D eigenvalue weighted by molar-refractivity contribution is 7.12. The van der Waals surface area contributed by atoms with Crippen LogP contribution < -0.4 is 10.1 Å². The van der Waals surface area contributed by atoms with Crippen molar-refractivity contribution in [2.45, 2.75) is 33.0 Å². The molecule has 5 nitrogen and oxygen atoms in total. The molecule has 0 aliphatic rings. The summed E-state index contributed by atoms with van der Waals surface area (Å²) in [6.45, 7) is 1.13. The first kappa shape index (κ1) is 20.8. The summed E-state index contributed by atoms with van der Waals surface area (Å²) >= 11 is 1.31. The molecule has 8 heteroatoms. The van der Waals surface area contributed by atoms with Crippen molar-refractivity contribution in [1.82, 2.24) is 10.2 Å². The molecule has 1 aromatic carbocycles. The predicted molar refractivity (Wildman–Crippen MR) is 100.0 cm³/mol. The molecule has 1 N–H and O–H groups in total. The Balaban J connectivity index is 2.01. The van der Waals surface area contributed by atoms with Gasteiger partial charge in [-0.1, -0.05) is 32.0 Å². The number of nitrogens with one attached hydrogen (secondary N) is 1. The van der Waals surface area contributed by atoms with Crippen molar-refractivity contribution in [3.05, 3.63) is 52.2 Å². The summed E-state index contributed by atoms with van der Waals surface area (Å²) in [5, 5.41) is 4.59. The molecule has 0 radical (unpaired) electrons. The molecule has 146 valence electrons. The highest BCUT2D eigenvalue weighted by Gasteiger charge is 2.27. The fraction of sp³-hybridized carbons (Fsp3) is 0.368. The van der Waals surface area contributed by atoms with E-state index in [-0.39, 0.29) is 30.0 Å². The fourth-order valence-electron chi connectivity index (χ4n) is 2.50. The zero-order valence-electron chi connectivity index (χ0n) is 15.3. The van der Waals surface area contributed by atoms with Gasteiger partial charge in [-0.15, -0.1) is 11.3 Å². The summed E-state index contributed by atoms with van der Waals surface area (Å²) in [5.74, 6) is -0.529. The molecular weight excluding hydrogens is 374 g/mol. The zero-order valence-corrected chi connectivity index (χ0v) is 16.1. The van der Waals surface area contributed by atoms with Gasteiger partial charge in [0.2, 0.25) is 5.91 Å². The highest BCUT2D eigenvalue weighted by Crippen LogP contribution is 2.17. The van der Waals surface area contributed by atoms with Crippen LogP contribution in [0.25, 0.3) is 0 Å². The Morgan fingerprint density at radius 2 is 1.85 bits per heavy atom. The number of nitrogens with zero attached hydrogens (tertiary/aromatic N) is 1. The first-order chi connectivity index (χ1) is 12.8. The Bertz CT molecular complexity index is 749. The quantitative estimate of drug-likeness (QED) is 0.739. The van der Waals surface area contributed by atoms with E-state index in [4.69, 9.17) is 0 Å². The van der Waals surface area contributed by atoms with Crippen molar-refractivity contribution in [3.8, 4) is 5.75 Å². The second-order valence-corrected chi connectivity index (χ2v) is 7.34. The van der Waals surface area contributed by atoms with Gasteiger partial charge in [0, 0.05) is 13.6 Å². The van der Waals surface area contributed by atoms with Gasteiger partial charge in [0.15, 0.2) is 0 Å². The third kappa shape index (κ3) is 6.02. The van der Waals surface area contributed by atoms with Crippen LogP contribution in [0.1, 0.15) is 29.1 Å². The van der Waals surface area contributed by atoms with E-state index < -0.39 is 12.7 Å². The molecule has 27 heavy (non-hydrogen) atoms. The number of amides is 2. The first-order valence-corrected chi connectivity index (χ1v) is 9.29. The Hall–Kier alpha value is -2.48. The number of hydrogen-bond donors (Lipinski definition) is 1. The fourth-order valence-corrected chi connectivity index (χ4v) is 3.13.